The molecule has 4 rings (SSSR count). The summed E-state index contributed by atoms with van der Waals surface area (Å²) >= 11 is 0. The summed E-state index contributed by atoms with van der Waals surface area (Å²) in [6.45, 7) is 1.62. The molecule has 0 radical (unpaired) electrons. The summed E-state index contributed by atoms with van der Waals surface area (Å²) in [6, 6.07) is 13.9. The highest BCUT2D eigenvalue weighted by atomic mass is 32.2. The minimum atomic E-state index is -3.75. The van der Waals surface area contributed by atoms with Crippen molar-refractivity contribution in [3.8, 4) is 11.3 Å². The van der Waals surface area contributed by atoms with Crippen molar-refractivity contribution < 1.29 is 17.9 Å². The van der Waals surface area contributed by atoms with Gasteiger partial charge in [0, 0.05) is 37.8 Å². The number of nitrogens with zero attached hydrogens (tertiary/aromatic N) is 2. The average molecular weight is 411 g/mol. The van der Waals surface area contributed by atoms with Crippen LogP contribution in [0.2, 0.25) is 0 Å². The molecule has 29 heavy (non-hydrogen) atoms. The Morgan fingerprint density at radius 3 is 2.62 bits per heavy atom. The Kier molecular flexibility index (Phi) is 4.99. The van der Waals surface area contributed by atoms with Crippen molar-refractivity contribution in [3.63, 3.8) is 0 Å². The summed E-state index contributed by atoms with van der Waals surface area (Å²) in [5.74, 6) is 0.543. The van der Waals surface area contributed by atoms with Crippen molar-refractivity contribution in [2.45, 2.75) is 17.9 Å². The minimum absolute atomic E-state index is 0.118. The molecule has 0 aliphatic carbocycles. The van der Waals surface area contributed by atoms with Crippen LogP contribution in [0.15, 0.2) is 70.3 Å². The van der Waals surface area contributed by atoms with Crippen LogP contribution in [0, 0.1) is 6.92 Å². The van der Waals surface area contributed by atoms with E-state index in [4.69, 9.17) is 4.42 Å². The third kappa shape index (κ3) is 3.95. The summed E-state index contributed by atoms with van der Waals surface area (Å²) in [5.41, 5.74) is 3.11. The first-order valence-corrected chi connectivity index (χ1v) is 10.6. The van der Waals surface area contributed by atoms with Crippen LogP contribution in [0.3, 0.4) is 0 Å². The van der Waals surface area contributed by atoms with E-state index in [1.54, 1.807) is 25.1 Å². The van der Waals surface area contributed by atoms with Gasteiger partial charge in [-0.25, -0.2) is 18.1 Å². The fourth-order valence-corrected chi connectivity index (χ4v) is 4.24. The highest BCUT2D eigenvalue weighted by Gasteiger charge is 2.17. The van der Waals surface area contributed by atoms with E-state index in [-0.39, 0.29) is 11.4 Å². The maximum atomic E-state index is 12.6. The minimum Gasteiger partial charge on any atom is -0.449 e. The second-order valence-corrected chi connectivity index (χ2v) is 8.66. The summed E-state index contributed by atoms with van der Waals surface area (Å²) in [6.07, 6.45) is 2.51. The molecular formula is C21H21N3O4S. The predicted molar refractivity (Wildman–Crippen MR) is 110 cm³/mol. The standard InChI is InChI=1S/C21H21N3O4S/c1-14-23-19(13-28-14)15-3-6-18(7-4-15)29(26,27)22-12-21(25)17-5-8-20-16(11-17)9-10-24(20)2/h3-11,13,21-22,25H,12H2,1-2H3/t21-/m0/s1. The molecular weight excluding hydrogens is 390 g/mol. The van der Waals surface area contributed by atoms with Crippen LogP contribution in [-0.4, -0.2) is 29.6 Å². The largest absolute Gasteiger partial charge is 0.449 e. The van der Waals surface area contributed by atoms with Gasteiger partial charge in [0.1, 0.15) is 12.0 Å². The first-order chi connectivity index (χ1) is 13.8. The molecule has 0 saturated heterocycles. The van der Waals surface area contributed by atoms with Crippen LogP contribution < -0.4 is 4.72 Å². The quantitative estimate of drug-likeness (QED) is 0.508. The molecule has 7 nitrogen and oxygen atoms in total. The van der Waals surface area contributed by atoms with Gasteiger partial charge in [-0.15, -0.1) is 0 Å². The number of rotatable bonds is 6. The van der Waals surface area contributed by atoms with E-state index >= 15 is 0 Å². The topological polar surface area (TPSA) is 97.4 Å². The van der Waals surface area contributed by atoms with Crippen molar-refractivity contribution in [2.24, 2.45) is 7.05 Å². The number of aliphatic hydroxyl groups is 1. The monoisotopic (exact) mass is 411 g/mol. The van der Waals surface area contributed by atoms with Gasteiger partial charge in [-0.1, -0.05) is 18.2 Å². The number of nitrogens with one attached hydrogen (secondary N) is 1. The lowest BCUT2D eigenvalue weighted by atomic mass is 10.1. The van der Waals surface area contributed by atoms with E-state index in [0.717, 1.165) is 16.5 Å². The molecule has 8 heteroatoms. The number of fused-ring (bicyclic) bond motifs is 1. The van der Waals surface area contributed by atoms with E-state index in [2.05, 4.69) is 9.71 Å². The number of sulfonamides is 1. The SMILES string of the molecule is Cc1nc(-c2ccc(S(=O)(=O)NC[C@H](O)c3ccc4c(ccn4C)c3)cc2)co1. The van der Waals surface area contributed by atoms with Crippen LogP contribution in [0.4, 0.5) is 0 Å². The van der Waals surface area contributed by atoms with E-state index in [0.29, 0.717) is 17.1 Å². The zero-order chi connectivity index (χ0) is 20.6. The van der Waals surface area contributed by atoms with Crippen molar-refractivity contribution in [1.29, 1.82) is 0 Å². The fraction of sp³-hybridized carbons (Fsp3) is 0.190. The van der Waals surface area contributed by atoms with Crippen LogP contribution in [0.25, 0.3) is 22.2 Å². The second kappa shape index (κ2) is 7.47. The normalized spacial score (nSPS) is 13.1. The van der Waals surface area contributed by atoms with Gasteiger partial charge in [0.25, 0.3) is 0 Å². The van der Waals surface area contributed by atoms with E-state index in [1.165, 1.54) is 18.4 Å². The highest BCUT2D eigenvalue weighted by Crippen LogP contribution is 2.23. The first kappa shape index (κ1) is 19.4. The van der Waals surface area contributed by atoms with E-state index in [9.17, 15) is 13.5 Å². The maximum absolute atomic E-state index is 12.6. The zero-order valence-electron chi connectivity index (χ0n) is 16.0. The smallest absolute Gasteiger partial charge is 0.240 e. The number of aromatic nitrogens is 2. The Bertz CT molecular complexity index is 1260. The Morgan fingerprint density at radius 1 is 1.17 bits per heavy atom. The predicted octanol–water partition coefficient (Wildman–Crippen LogP) is 3.15. The molecule has 0 amide bonds. The van der Waals surface area contributed by atoms with Gasteiger partial charge in [-0.05, 0) is 41.3 Å². The first-order valence-electron chi connectivity index (χ1n) is 9.09. The van der Waals surface area contributed by atoms with Crippen molar-refractivity contribution in [1.82, 2.24) is 14.3 Å². The summed E-state index contributed by atoms with van der Waals surface area (Å²) in [5, 5.41) is 11.4. The van der Waals surface area contributed by atoms with Crippen LogP contribution in [-0.2, 0) is 17.1 Å². The summed E-state index contributed by atoms with van der Waals surface area (Å²) in [4.78, 5) is 4.34. The number of hydrogen-bond donors (Lipinski definition) is 2. The third-order valence-electron chi connectivity index (χ3n) is 4.84. The molecule has 2 aromatic carbocycles. The highest BCUT2D eigenvalue weighted by molar-refractivity contribution is 7.89. The Hall–Kier alpha value is -2.94. The van der Waals surface area contributed by atoms with E-state index in [1.807, 2.05) is 36.0 Å². The summed E-state index contributed by atoms with van der Waals surface area (Å²) < 4.78 is 34.8. The number of benzene rings is 2. The number of aliphatic hydroxyl groups excluding tert-OH is 1. The molecule has 0 aliphatic heterocycles. The van der Waals surface area contributed by atoms with Gasteiger partial charge in [-0.3, -0.25) is 0 Å². The molecule has 0 spiro atoms. The van der Waals surface area contributed by atoms with E-state index < -0.39 is 16.1 Å². The van der Waals surface area contributed by atoms with Gasteiger partial charge >= 0.3 is 0 Å². The van der Waals surface area contributed by atoms with Gasteiger partial charge in [-0.2, -0.15) is 0 Å². The van der Waals surface area contributed by atoms with Crippen LogP contribution in [0.5, 0.6) is 0 Å². The number of hydrogen-bond acceptors (Lipinski definition) is 5. The molecule has 0 fully saturated rings. The average Bonchev–Trinajstić information content (AvgIpc) is 3.32. The molecule has 0 bridgehead atoms. The number of aryl methyl sites for hydroxylation is 2. The molecule has 4 aromatic rings. The van der Waals surface area contributed by atoms with Crippen LogP contribution >= 0.6 is 0 Å². The summed E-state index contributed by atoms with van der Waals surface area (Å²) in [7, 11) is -1.81. The third-order valence-corrected chi connectivity index (χ3v) is 6.28. The number of oxazole rings is 1. The van der Waals surface area contributed by atoms with Gasteiger partial charge in [0.2, 0.25) is 10.0 Å². The lowest BCUT2D eigenvalue weighted by Crippen LogP contribution is -2.28. The second-order valence-electron chi connectivity index (χ2n) is 6.89. The maximum Gasteiger partial charge on any atom is 0.240 e. The van der Waals surface area contributed by atoms with Gasteiger partial charge < -0.3 is 14.1 Å². The molecule has 0 saturated carbocycles. The molecule has 2 N–H and O–H groups in total. The van der Waals surface area contributed by atoms with Crippen LogP contribution in [0.1, 0.15) is 17.6 Å². The molecule has 0 unspecified atom stereocenters. The Labute approximate surface area is 168 Å². The molecule has 1 atom stereocenters. The van der Waals surface area contributed by atoms with Gasteiger partial charge in [0.15, 0.2) is 5.89 Å². The Morgan fingerprint density at radius 2 is 1.93 bits per heavy atom. The molecule has 2 heterocycles. The molecule has 150 valence electrons. The molecule has 2 aromatic heterocycles. The zero-order valence-corrected chi connectivity index (χ0v) is 16.8. The van der Waals surface area contributed by atoms with Crippen molar-refractivity contribution >= 4 is 20.9 Å². The molecule has 0 aliphatic rings. The Balaban J connectivity index is 1.46. The van der Waals surface area contributed by atoms with Gasteiger partial charge in [0.05, 0.1) is 11.0 Å². The van der Waals surface area contributed by atoms with Crippen molar-refractivity contribution in [3.05, 3.63) is 72.4 Å². The van der Waals surface area contributed by atoms with Crippen molar-refractivity contribution in [2.75, 3.05) is 6.54 Å². The lowest BCUT2D eigenvalue weighted by molar-refractivity contribution is 0.182. The lowest BCUT2D eigenvalue weighted by Gasteiger charge is -2.13. The fourth-order valence-electron chi connectivity index (χ4n) is 3.20.